The molecule has 0 fully saturated rings. The van der Waals surface area contributed by atoms with Gasteiger partial charge in [0, 0.05) is 0 Å². The van der Waals surface area contributed by atoms with E-state index < -0.39 is 35.8 Å². The second-order valence-corrected chi connectivity index (χ2v) is 1.72. The molecule has 0 amide bonds. The molecule has 0 N–H and O–H groups in total. The number of hydrogen-bond acceptors (Lipinski definition) is 12. The van der Waals surface area contributed by atoms with E-state index in [4.69, 9.17) is 59.4 Å². The van der Waals surface area contributed by atoms with Crippen LogP contribution in [-0.2, 0) is 67.6 Å². The van der Waals surface area contributed by atoms with Crippen molar-refractivity contribution in [1.82, 2.24) is 0 Å². The average molecular weight is 368 g/mol. The molecule has 0 spiro atoms. The fourth-order valence-electron chi connectivity index (χ4n) is 0. The smallest absolute Gasteiger partial charge is 0.543 e. The Balaban J connectivity index is -0.0000000536. The number of hydrogen-bond donors (Lipinski definition) is 0. The van der Waals surface area contributed by atoms with E-state index in [-0.39, 0.29) is 38.8 Å². The number of carboxylic acids is 6. The molecule has 108 valence electrons. The summed E-state index contributed by atoms with van der Waals surface area (Å²) in [6.45, 7) is 0. The van der Waals surface area contributed by atoms with E-state index in [1.165, 1.54) is 0 Å². The summed E-state index contributed by atoms with van der Waals surface area (Å²) in [6, 6.07) is 0. The van der Waals surface area contributed by atoms with Crippen molar-refractivity contribution in [2.24, 2.45) is 0 Å². The molecule has 0 bridgehead atoms. The molecular formula is C6FeO12Ti. The number of carbonyl (C=O) groups excluding carboxylic acids is 6. The van der Waals surface area contributed by atoms with Crippen molar-refractivity contribution < 1.29 is 98.2 Å². The maximum Gasteiger partial charge on any atom is 4.00 e. The third-order valence-electron chi connectivity index (χ3n) is 0.500. The van der Waals surface area contributed by atoms with Crippen LogP contribution in [0.3, 0.4) is 0 Å². The minimum atomic E-state index is -2.19. The van der Waals surface area contributed by atoms with Gasteiger partial charge in [0.15, 0.2) is 0 Å². The van der Waals surface area contributed by atoms with E-state index in [0.29, 0.717) is 0 Å². The second kappa shape index (κ2) is 17.1. The Kier molecular flexibility index (Phi) is 26.3. The molecule has 0 aliphatic carbocycles. The minimum Gasteiger partial charge on any atom is -0.543 e. The summed E-state index contributed by atoms with van der Waals surface area (Å²) < 4.78 is 0. The van der Waals surface area contributed by atoms with Crippen LogP contribution in [0.1, 0.15) is 0 Å². The largest absolute Gasteiger partial charge is 4.00 e. The van der Waals surface area contributed by atoms with Crippen molar-refractivity contribution in [3.8, 4) is 0 Å². The van der Waals surface area contributed by atoms with Gasteiger partial charge in [-0.1, -0.05) is 0 Å². The van der Waals surface area contributed by atoms with E-state index >= 15 is 0 Å². The van der Waals surface area contributed by atoms with Gasteiger partial charge >= 0.3 is 38.8 Å². The monoisotopic (exact) mass is 368 g/mol. The molecule has 0 saturated heterocycles. The topological polar surface area (TPSA) is 241 Å². The number of aliphatic carboxylic acids is 6. The Bertz CT molecular complexity index is 283. The zero-order valence-electron chi connectivity index (χ0n) is 8.75. The fourth-order valence-corrected chi connectivity index (χ4v) is 0. The van der Waals surface area contributed by atoms with Crippen LogP contribution >= 0.6 is 0 Å². The molecule has 0 atom stereocenters. The van der Waals surface area contributed by atoms with Crippen molar-refractivity contribution in [3.05, 3.63) is 0 Å². The molecule has 14 heteroatoms. The van der Waals surface area contributed by atoms with Crippen molar-refractivity contribution >= 4 is 35.8 Å². The average Bonchev–Trinajstić information content (AvgIpc) is 2.18. The Morgan fingerprint density at radius 3 is 0.450 bits per heavy atom. The van der Waals surface area contributed by atoms with Gasteiger partial charge in [0.25, 0.3) is 0 Å². The van der Waals surface area contributed by atoms with Crippen LogP contribution in [-0.4, -0.2) is 35.8 Å². The summed E-state index contributed by atoms with van der Waals surface area (Å²) >= 11 is 0. The van der Waals surface area contributed by atoms with Gasteiger partial charge in [0.1, 0.15) is 0 Å². The summed E-state index contributed by atoms with van der Waals surface area (Å²) in [5.74, 6) is -13.1. The van der Waals surface area contributed by atoms with Gasteiger partial charge in [-0.2, -0.15) is 0 Å². The first-order chi connectivity index (χ1) is 7.93. The van der Waals surface area contributed by atoms with E-state index in [0.717, 1.165) is 0 Å². The SMILES string of the molecule is O=C([O-])C(=O)[O-].O=C([O-])C(=O)[O-].O=C([O-])C(=O)[O-].[Fe+2].[Ti+4]. The van der Waals surface area contributed by atoms with E-state index in [1.807, 2.05) is 0 Å². The van der Waals surface area contributed by atoms with Crippen molar-refractivity contribution in [3.63, 3.8) is 0 Å². The van der Waals surface area contributed by atoms with Gasteiger partial charge in [-0.3, -0.25) is 0 Å². The maximum atomic E-state index is 8.93. The van der Waals surface area contributed by atoms with Crippen LogP contribution in [0, 0.1) is 0 Å². The molecule has 20 heavy (non-hydrogen) atoms. The van der Waals surface area contributed by atoms with Crippen molar-refractivity contribution in [2.45, 2.75) is 0 Å². The summed E-state index contributed by atoms with van der Waals surface area (Å²) in [5.41, 5.74) is 0. The third kappa shape index (κ3) is 36.0. The fraction of sp³-hybridized carbons (Fsp3) is 0. The van der Waals surface area contributed by atoms with Crippen LogP contribution in [0.4, 0.5) is 0 Å². The Morgan fingerprint density at radius 1 is 0.400 bits per heavy atom. The van der Waals surface area contributed by atoms with E-state index in [1.54, 1.807) is 0 Å². The number of carbonyl (C=O) groups is 6. The Hall–Kier alpha value is -1.95. The molecule has 0 aliphatic rings. The third-order valence-corrected chi connectivity index (χ3v) is 0.500. The quantitative estimate of drug-likeness (QED) is 0.286. The number of carboxylic acid groups (broad SMARTS) is 6. The van der Waals surface area contributed by atoms with E-state index in [2.05, 4.69) is 0 Å². The van der Waals surface area contributed by atoms with Crippen LogP contribution < -0.4 is 30.6 Å². The first-order valence-corrected chi connectivity index (χ1v) is 3.20. The molecule has 0 aromatic rings. The van der Waals surface area contributed by atoms with E-state index in [9.17, 15) is 0 Å². The van der Waals surface area contributed by atoms with Crippen LogP contribution in [0.5, 0.6) is 0 Å². The predicted molar refractivity (Wildman–Crippen MR) is 30.0 cm³/mol. The summed E-state index contributed by atoms with van der Waals surface area (Å²) in [7, 11) is 0. The molecular weight excluding hydrogens is 368 g/mol. The molecule has 0 radical (unpaired) electrons. The van der Waals surface area contributed by atoms with Gasteiger partial charge in [-0.15, -0.1) is 0 Å². The molecule has 0 unspecified atom stereocenters. The van der Waals surface area contributed by atoms with Crippen LogP contribution in [0.15, 0.2) is 0 Å². The first-order valence-electron chi connectivity index (χ1n) is 3.20. The standard InChI is InChI=1S/3C2H2O4.Fe.Ti/c3*3-1(4)2(5)6;;/h3*(H,3,4)(H,5,6);;/q;;;+2;+4/p-6. The van der Waals surface area contributed by atoms with Gasteiger partial charge in [0.2, 0.25) is 0 Å². The maximum absolute atomic E-state index is 8.93. The van der Waals surface area contributed by atoms with Crippen molar-refractivity contribution in [1.29, 1.82) is 0 Å². The van der Waals surface area contributed by atoms with Gasteiger partial charge in [0.05, 0.1) is 35.8 Å². The second-order valence-electron chi connectivity index (χ2n) is 1.72. The molecule has 0 heterocycles. The zero-order chi connectivity index (χ0) is 15.5. The number of rotatable bonds is 0. The molecule has 0 aromatic heterocycles. The summed E-state index contributed by atoms with van der Waals surface area (Å²) in [4.78, 5) is 53.6. The zero-order valence-corrected chi connectivity index (χ0v) is 11.4. The summed E-state index contributed by atoms with van der Waals surface area (Å²) in [5, 5.41) is 53.6. The first kappa shape index (κ1) is 30.8. The molecule has 12 nitrogen and oxygen atoms in total. The van der Waals surface area contributed by atoms with Crippen LogP contribution in [0.2, 0.25) is 0 Å². The van der Waals surface area contributed by atoms with Gasteiger partial charge in [-0.05, 0) is 0 Å². The minimum absolute atomic E-state index is 0. The molecule has 0 aliphatic heterocycles. The Morgan fingerprint density at radius 2 is 0.450 bits per heavy atom. The van der Waals surface area contributed by atoms with Gasteiger partial charge < -0.3 is 59.4 Å². The van der Waals surface area contributed by atoms with Crippen LogP contribution in [0.25, 0.3) is 0 Å². The van der Waals surface area contributed by atoms with Gasteiger partial charge in [-0.25, -0.2) is 0 Å². The normalized spacial score (nSPS) is 6.60. The molecule has 0 aromatic carbocycles. The molecule has 0 saturated carbocycles. The molecule has 0 rings (SSSR count). The van der Waals surface area contributed by atoms with Crippen molar-refractivity contribution in [2.75, 3.05) is 0 Å². The Labute approximate surface area is 134 Å². The summed E-state index contributed by atoms with van der Waals surface area (Å²) in [6.07, 6.45) is 0. The predicted octanol–water partition coefficient (Wildman–Crippen LogP) is -10.5.